The average molecular weight is 347 g/mol. The summed E-state index contributed by atoms with van der Waals surface area (Å²) in [5.74, 6) is -4.57. The Hall–Kier alpha value is -2.20. The van der Waals surface area contributed by atoms with E-state index in [9.17, 15) is 19.2 Å². The lowest BCUT2D eigenvalue weighted by Gasteiger charge is -2.44. The van der Waals surface area contributed by atoms with E-state index in [4.69, 9.17) is 29.4 Å². The Morgan fingerprint density at radius 2 is 1.58 bits per heavy atom. The van der Waals surface area contributed by atoms with Crippen LogP contribution in [0.2, 0.25) is 0 Å². The van der Waals surface area contributed by atoms with E-state index in [2.05, 4.69) is 0 Å². The predicted octanol–water partition coefficient (Wildman–Crippen LogP) is -0.623. The van der Waals surface area contributed by atoms with Gasteiger partial charge in [-0.3, -0.25) is 24.9 Å². The van der Waals surface area contributed by atoms with E-state index in [-0.39, 0.29) is 13.0 Å². The van der Waals surface area contributed by atoms with Gasteiger partial charge in [-0.15, -0.1) is 0 Å². The fraction of sp³-hybridized carbons (Fsp3) is 0.714. The summed E-state index contributed by atoms with van der Waals surface area (Å²) in [5, 5.41) is 0. The lowest BCUT2D eigenvalue weighted by molar-refractivity contribution is -0.311. The Bertz CT molecular complexity index is 520. The molecule has 1 aliphatic rings. The molecule has 0 spiro atoms. The van der Waals surface area contributed by atoms with Gasteiger partial charge in [0.05, 0.1) is 6.42 Å². The van der Waals surface area contributed by atoms with Crippen LogP contribution in [-0.2, 0) is 42.9 Å². The Kier molecular flexibility index (Phi) is 6.67. The van der Waals surface area contributed by atoms with Crippen LogP contribution in [0.3, 0.4) is 0 Å². The molecule has 0 bridgehead atoms. The van der Waals surface area contributed by atoms with Gasteiger partial charge < -0.3 is 23.7 Å². The van der Waals surface area contributed by atoms with E-state index in [1.54, 1.807) is 0 Å². The minimum atomic E-state index is -1.92. The van der Waals surface area contributed by atoms with Gasteiger partial charge in [-0.2, -0.15) is 0 Å². The van der Waals surface area contributed by atoms with Crippen LogP contribution in [0, 0.1) is 0 Å². The van der Waals surface area contributed by atoms with Gasteiger partial charge in [0, 0.05) is 27.7 Å². The largest absolute Gasteiger partial charge is 0.463 e. The van der Waals surface area contributed by atoms with Crippen molar-refractivity contribution in [3.63, 3.8) is 0 Å². The third-order valence-electron chi connectivity index (χ3n) is 2.96. The van der Waals surface area contributed by atoms with Crippen LogP contribution in [0.4, 0.5) is 0 Å². The van der Waals surface area contributed by atoms with E-state index in [1.807, 2.05) is 0 Å². The zero-order valence-electron chi connectivity index (χ0n) is 13.9. The third kappa shape index (κ3) is 6.13. The first-order valence-corrected chi connectivity index (χ1v) is 7.16. The van der Waals surface area contributed by atoms with Crippen molar-refractivity contribution in [1.29, 1.82) is 0 Å². The van der Waals surface area contributed by atoms with Crippen molar-refractivity contribution in [3.8, 4) is 0 Å². The SMILES string of the molecule is CC(=O)OC[C@H]1O[C@@](N)(OC(C)=O)C[C@@H](OC(C)=O)[C@@H]1OC(C)=O. The quantitative estimate of drug-likeness (QED) is 0.388. The van der Waals surface area contributed by atoms with Crippen LogP contribution in [0.25, 0.3) is 0 Å². The number of ether oxygens (including phenoxy) is 5. The normalized spacial score (nSPS) is 29.3. The Labute approximate surface area is 138 Å². The molecule has 1 fully saturated rings. The highest BCUT2D eigenvalue weighted by molar-refractivity contribution is 5.68. The molecule has 2 N–H and O–H groups in total. The van der Waals surface area contributed by atoms with Crippen molar-refractivity contribution in [2.24, 2.45) is 5.73 Å². The molecule has 0 radical (unpaired) electrons. The van der Waals surface area contributed by atoms with Gasteiger partial charge in [0.25, 0.3) is 5.91 Å². The molecule has 4 atom stereocenters. The second-order valence-corrected chi connectivity index (χ2v) is 5.29. The summed E-state index contributed by atoms with van der Waals surface area (Å²) >= 11 is 0. The van der Waals surface area contributed by atoms with Gasteiger partial charge in [0.2, 0.25) is 0 Å². The monoisotopic (exact) mass is 347 g/mol. The Morgan fingerprint density at radius 3 is 2.04 bits per heavy atom. The van der Waals surface area contributed by atoms with Gasteiger partial charge in [0.1, 0.15) is 18.8 Å². The van der Waals surface area contributed by atoms with E-state index in [1.165, 1.54) is 6.92 Å². The first kappa shape index (κ1) is 19.8. The number of carbonyl (C=O) groups excluding carboxylic acids is 4. The molecule has 1 rings (SSSR count). The molecule has 0 aromatic rings. The minimum Gasteiger partial charge on any atom is -0.463 e. The predicted molar refractivity (Wildman–Crippen MR) is 75.9 cm³/mol. The summed E-state index contributed by atoms with van der Waals surface area (Å²) in [6.45, 7) is 4.27. The second-order valence-electron chi connectivity index (χ2n) is 5.29. The van der Waals surface area contributed by atoms with Gasteiger partial charge in [-0.1, -0.05) is 0 Å². The fourth-order valence-electron chi connectivity index (χ4n) is 2.31. The van der Waals surface area contributed by atoms with Crippen LogP contribution >= 0.6 is 0 Å². The number of hydrogen-bond donors (Lipinski definition) is 1. The Morgan fingerprint density at radius 1 is 1.00 bits per heavy atom. The summed E-state index contributed by atoms with van der Waals surface area (Å²) in [6, 6.07) is 0. The molecular formula is C14H21NO9. The molecule has 136 valence electrons. The Balaban J connectivity index is 3.08. The van der Waals surface area contributed by atoms with E-state index in [0.29, 0.717) is 0 Å². The molecule has 0 aromatic heterocycles. The molecule has 0 saturated carbocycles. The van der Waals surface area contributed by atoms with Gasteiger partial charge in [-0.25, -0.2) is 0 Å². The van der Waals surface area contributed by atoms with Crippen LogP contribution in [-0.4, -0.2) is 54.7 Å². The maximum atomic E-state index is 11.3. The lowest BCUT2D eigenvalue weighted by atomic mass is 9.99. The molecule has 1 saturated heterocycles. The summed E-state index contributed by atoms with van der Waals surface area (Å²) < 4.78 is 25.5. The lowest BCUT2D eigenvalue weighted by Crippen LogP contribution is -2.63. The molecule has 1 heterocycles. The van der Waals surface area contributed by atoms with Crippen molar-refractivity contribution in [2.75, 3.05) is 6.61 Å². The zero-order chi connectivity index (χ0) is 18.5. The number of carbonyl (C=O) groups is 4. The maximum Gasteiger partial charge on any atom is 0.306 e. The highest BCUT2D eigenvalue weighted by Crippen LogP contribution is 2.31. The second kappa shape index (κ2) is 8.06. The highest BCUT2D eigenvalue weighted by atomic mass is 16.8. The van der Waals surface area contributed by atoms with Crippen molar-refractivity contribution in [2.45, 2.75) is 58.3 Å². The molecule has 1 aliphatic heterocycles. The van der Waals surface area contributed by atoms with Crippen LogP contribution < -0.4 is 5.73 Å². The molecule has 0 aliphatic carbocycles. The van der Waals surface area contributed by atoms with Crippen molar-refractivity contribution in [3.05, 3.63) is 0 Å². The van der Waals surface area contributed by atoms with Crippen molar-refractivity contribution >= 4 is 23.9 Å². The molecule has 0 amide bonds. The summed E-state index contributed by atoms with van der Waals surface area (Å²) in [5.41, 5.74) is 5.88. The van der Waals surface area contributed by atoms with E-state index >= 15 is 0 Å². The number of nitrogens with two attached hydrogens (primary N) is 1. The molecule has 0 aromatic carbocycles. The third-order valence-corrected chi connectivity index (χ3v) is 2.96. The molecule has 10 heteroatoms. The average Bonchev–Trinajstić information content (AvgIpc) is 2.37. The molecule has 10 nitrogen and oxygen atoms in total. The van der Waals surface area contributed by atoms with Crippen LogP contribution in [0.15, 0.2) is 0 Å². The van der Waals surface area contributed by atoms with Crippen molar-refractivity contribution < 1.29 is 42.9 Å². The van der Waals surface area contributed by atoms with Gasteiger partial charge >= 0.3 is 23.9 Å². The fourth-order valence-corrected chi connectivity index (χ4v) is 2.31. The smallest absolute Gasteiger partial charge is 0.306 e. The van der Waals surface area contributed by atoms with E-state index in [0.717, 1.165) is 20.8 Å². The molecule has 24 heavy (non-hydrogen) atoms. The standard InChI is InChI=1S/C14H21NO9/c1-7(16)20-6-12-13(22-9(3)18)11(21-8(2)17)5-14(15,24-12)23-10(4)19/h11-13H,5-6,15H2,1-4H3/t11-,12-,13+,14+/m1/s1. The summed E-state index contributed by atoms with van der Waals surface area (Å²) in [6.07, 6.45) is -3.50. The van der Waals surface area contributed by atoms with Crippen LogP contribution in [0.1, 0.15) is 34.1 Å². The number of esters is 4. The topological polar surface area (TPSA) is 140 Å². The van der Waals surface area contributed by atoms with Crippen molar-refractivity contribution in [1.82, 2.24) is 0 Å². The number of hydrogen-bond acceptors (Lipinski definition) is 10. The summed E-state index contributed by atoms with van der Waals surface area (Å²) in [4.78, 5) is 44.9. The molecule has 0 unspecified atom stereocenters. The maximum absolute atomic E-state index is 11.3. The summed E-state index contributed by atoms with van der Waals surface area (Å²) in [7, 11) is 0. The van der Waals surface area contributed by atoms with E-state index < -0.39 is 48.1 Å². The van der Waals surface area contributed by atoms with Gasteiger partial charge in [0.15, 0.2) is 6.10 Å². The molecular weight excluding hydrogens is 326 g/mol. The zero-order valence-corrected chi connectivity index (χ0v) is 13.9. The van der Waals surface area contributed by atoms with Gasteiger partial charge in [-0.05, 0) is 0 Å². The first-order chi connectivity index (χ1) is 11.0. The minimum absolute atomic E-state index is 0.263. The highest BCUT2D eigenvalue weighted by Gasteiger charge is 2.51. The first-order valence-electron chi connectivity index (χ1n) is 7.16. The number of rotatable bonds is 5. The van der Waals surface area contributed by atoms with Crippen LogP contribution in [0.5, 0.6) is 0 Å².